The third-order valence-corrected chi connectivity index (χ3v) is 5.21. The second-order valence-electron chi connectivity index (χ2n) is 5.73. The Morgan fingerprint density at radius 3 is 2.90 bits per heavy atom. The van der Waals surface area contributed by atoms with Gasteiger partial charge in [0.25, 0.3) is 5.91 Å². The largest absolute Gasteiger partial charge is 0.359 e. The van der Waals surface area contributed by atoms with E-state index in [4.69, 9.17) is 12.2 Å². The van der Waals surface area contributed by atoms with Crippen LogP contribution in [0.1, 0.15) is 46.3 Å². The molecule has 6 heteroatoms. The normalized spacial score (nSPS) is 20.9. The summed E-state index contributed by atoms with van der Waals surface area (Å²) in [6.07, 6.45) is 5.73. The van der Waals surface area contributed by atoms with Gasteiger partial charge in [0.15, 0.2) is 5.11 Å². The Balaban J connectivity index is 1.55. The summed E-state index contributed by atoms with van der Waals surface area (Å²) in [6.45, 7) is 2.27. The van der Waals surface area contributed by atoms with Crippen LogP contribution in [0.3, 0.4) is 0 Å². The molecular weight excluding hydrogens is 290 g/mol. The lowest BCUT2D eigenvalue weighted by Gasteiger charge is -2.16. The van der Waals surface area contributed by atoms with Crippen LogP contribution in [0.2, 0.25) is 0 Å². The third-order valence-electron chi connectivity index (χ3n) is 3.76. The highest BCUT2D eigenvalue weighted by Gasteiger charge is 2.23. The Hall–Kier alpha value is -1.14. The van der Waals surface area contributed by atoms with Crippen molar-refractivity contribution in [2.24, 2.45) is 5.92 Å². The molecule has 0 spiro atoms. The van der Waals surface area contributed by atoms with E-state index in [1.54, 1.807) is 11.3 Å². The lowest BCUT2D eigenvalue weighted by atomic mass is 9.90. The zero-order valence-corrected chi connectivity index (χ0v) is 13.1. The number of aryl methyl sites for hydroxylation is 1. The fourth-order valence-corrected chi connectivity index (χ4v) is 3.76. The number of rotatable bonds is 2. The van der Waals surface area contributed by atoms with Gasteiger partial charge in [0, 0.05) is 10.9 Å². The Labute approximate surface area is 128 Å². The van der Waals surface area contributed by atoms with Gasteiger partial charge < -0.3 is 5.32 Å². The van der Waals surface area contributed by atoms with Crippen LogP contribution in [0.5, 0.6) is 0 Å². The Kier molecular flexibility index (Phi) is 3.94. The highest BCUT2D eigenvalue weighted by Crippen LogP contribution is 2.32. The van der Waals surface area contributed by atoms with Crippen LogP contribution in [0, 0.1) is 5.92 Å². The van der Waals surface area contributed by atoms with E-state index in [1.807, 2.05) is 6.07 Å². The SMILES string of the molecule is C[C@H]1CCc2sc(C(=O)NNC(=S)NC3CC3)cc2C1. The van der Waals surface area contributed by atoms with Crippen molar-refractivity contribution in [1.29, 1.82) is 0 Å². The fraction of sp³-hybridized carbons (Fsp3) is 0.571. The first-order chi connectivity index (χ1) is 9.61. The summed E-state index contributed by atoms with van der Waals surface area (Å²) in [5, 5.41) is 3.62. The van der Waals surface area contributed by atoms with Crippen LogP contribution < -0.4 is 16.2 Å². The quantitative estimate of drug-likeness (QED) is 0.579. The van der Waals surface area contributed by atoms with Gasteiger partial charge in [0.2, 0.25) is 0 Å². The van der Waals surface area contributed by atoms with Crippen molar-refractivity contribution in [3.05, 3.63) is 21.4 Å². The molecule has 0 unspecified atom stereocenters. The van der Waals surface area contributed by atoms with Gasteiger partial charge in [-0.1, -0.05) is 6.92 Å². The molecular formula is C14H19N3OS2. The van der Waals surface area contributed by atoms with Crippen LogP contribution in [-0.2, 0) is 12.8 Å². The van der Waals surface area contributed by atoms with Gasteiger partial charge in [0.1, 0.15) is 0 Å². The van der Waals surface area contributed by atoms with Crippen molar-refractivity contribution >= 4 is 34.6 Å². The first kappa shape index (κ1) is 13.8. The first-order valence-electron chi connectivity index (χ1n) is 7.10. The summed E-state index contributed by atoms with van der Waals surface area (Å²) in [6, 6.07) is 2.52. The number of thiophene rings is 1. The van der Waals surface area contributed by atoms with Crippen LogP contribution in [-0.4, -0.2) is 17.1 Å². The highest BCUT2D eigenvalue weighted by atomic mass is 32.1. The number of hydrogen-bond acceptors (Lipinski definition) is 3. The number of amides is 1. The number of hydrogen-bond donors (Lipinski definition) is 3. The molecule has 1 amide bonds. The fourth-order valence-electron chi connectivity index (χ4n) is 2.44. The predicted octanol–water partition coefficient (Wildman–Crippen LogP) is 2.14. The smallest absolute Gasteiger partial charge is 0.279 e. The van der Waals surface area contributed by atoms with E-state index in [2.05, 4.69) is 23.1 Å². The molecule has 0 aromatic carbocycles. The third kappa shape index (κ3) is 3.30. The van der Waals surface area contributed by atoms with E-state index in [0.717, 1.165) is 36.5 Å². The topological polar surface area (TPSA) is 53.2 Å². The number of carbonyl (C=O) groups is 1. The van der Waals surface area contributed by atoms with Crippen molar-refractivity contribution < 1.29 is 4.79 Å². The standard InChI is InChI=1S/C14H19N3OS2/c1-8-2-5-11-9(6-8)7-12(20-11)13(18)16-17-14(19)15-10-3-4-10/h7-8,10H,2-6H2,1H3,(H,16,18)(H2,15,17,19)/t8-/m0/s1. The number of hydrazine groups is 1. The Morgan fingerprint density at radius 2 is 2.15 bits per heavy atom. The zero-order chi connectivity index (χ0) is 14.1. The van der Waals surface area contributed by atoms with Gasteiger partial charge in [-0.25, -0.2) is 0 Å². The van der Waals surface area contributed by atoms with E-state index >= 15 is 0 Å². The van der Waals surface area contributed by atoms with Crippen LogP contribution in [0.15, 0.2) is 6.07 Å². The molecule has 1 heterocycles. The van der Waals surface area contributed by atoms with Crippen molar-refractivity contribution in [2.45, 2.75) is 45.1 Å². The zero-order valence-electron chi connectivity index (χ0n) is 11.5. The maximum absolute atomic E-state index is 12.1. The minimum atomic E-state index is -0.100. The summed E-state index contributed by atoms with van der Waals surface area (Å²) in [4.78, 5) is 14.2. The van der Waals surface area contributed by atoms with Crippen molar-refractivity contribution in [3.63, 3.8) is 0 Å². The molecule has 0 saturated heterocycles. The lowest BCUT2D eigenvalue weighted by Crippen LogP contribution is -2.47. The minimum absolute atomic E-state index is 0.100. The van der Waals surface area contributed by atoms with Crippen molar-refractivity contribution in [3.8, 4) is 0 Å². The Bertz CT molecular complexity index is 537. The van der Waals surface area contributed by atoms with E-state index in [9.17, 15) is 4.79 Å². The van der Waals surface area contributed by atoms with Crippen molar-refractivity contribution in [2.75, 3.05) is 0 Å². The van der Waals surface area contributed by atoms with E-state index in [1.165, 1.54) is 16.9 Å². The minimum Gasteiger partial charge on any atom is -0.359 e. The van der Waals surface area contributed by atoms with Crippen molar-refractivity contribution in [1.82, 2.24) is 16.2 Å². The molecule has 3 N–H and O–H groups in total. The van der Waals surface area contributed by atoms with E-state index in [0.29, 0.717) is 11.2 Å². The molecule has 0 bridgehead atoms. The molecule has 108 valence electrons. The molecule has 1 aromatic heterocycles. The maximum Gasteiger partial charge on any atom is 0.279 e. The monoisotopic (exact) mass is 309 g/mol. The molecule has 3 rings (SSSR count). The highest BCUT2D eigenvalue weighted by molar-refractivity contribution is 7.80. The second kappa shape index (κ2) is 5.69. The molecule has 2 aliphatic rings. The first-order valence-corrected chi connectivity index (χ1v) is 8.32. The average Bonchev–Trinajstić information content (AvgIpc) is 3.12. The molecule has 1 aromatic rings. The summed E-state index contributed by atoms with van der Waals surface area (Å²) in [5.74, 6) is 0.624. The second-order valence-corrected chi connectivity index (χ2v) is 7.28. The van der Waals surface area contributed by atoms with Crippen LogP contribution in [0.4, 0.5) is 0 Å². The van der Waals surface area contributed by atoms with Gasteiger partial charge in [-0.3, -0.25) is 15.6 Å². The summed E-state index contributed by atoms with van der Waals surface area (Å²) in [7, 11) is 0. The molecule has 2 aliphatic carbocycles. The van der Waals surface area contributed by atoms with Gasteiger partial charge >= 0.3 is 0 Å². The van der Waals surface area contributed by atoms with Crippen LogP contribution >= 0.6 is 23.6 Å². The van der Waals surface area contributed by atoms with Gasteiger partial charge in [-0.15, -0.1) is 11.3 Å². The molecule has 0 aliphatic heterocycles. The predicted molar refractivity (Wildman–Crippen MR) is 84.9 cm³/mol. The van der Waals surface area contributed by atoms with Crippen LogP contribution in [0.25, 0.3) is 0 Å². The summed E-state index contributed by atoms with van der Waals surface area (Å²) >= 11 is 6.71. The molecule has 0 radical (unpaired) electrons. The molecule has 1 saturated carbocycles. The van der Waals surface area contributed by atoms with Gasteiger partial charge in [0.05, 0.1) is 4.88 Å². The molecule has 20 heavy (non-hydrogen) atoms. The summed E-state index contributed by atoms with van der Waals surface area (Å²) < 4.78 is 0. The number of nitrogens with one attached hydrogen (secondary N) is 3. The number of carbonyl (C=O) groups excluding carboxylic acids is 1. The molecule has 1 fully saturated rings. The van der Waals surface area contributed by atoms with Gasteiger partial charge in [-0.2, -0.15) is 0 Å². The molecule has 4 nitrogen and oxygen atoms in total. The van der Waals surface area contributed by atoms with E-state index < -0.39 is 0 Å². The number of thiocarbonyl (C=S) groups is 1. The van der Waals surface area contributed by atoms with Gasteiger partial charge in [-0.05, 0) is 61.9 Å². The van der Waals surface area contributed by atoms with E-state index in [-0.39, 0.29) is 5.91 Å². The lowest BCUT2D eigenvalue weighted by molar-refractivity contribution is 0.0947. The Morgan fingerprint density at radius 1 is 1.35 bits per heavy atom. The maximum atomic E-state index is 12.1. The average molecular weight is 309 g/mol. The summed E-state index contributed by atoms with van der Waals surface area (Å²) in [5.41, 5.74) is 6.78. The number of fused-ring (bicyclic) bond motifs is 1. The molecule has 1 atom stereocenters.